The third-order valence-electron chi connectivity index (χ3n) is 1.68. The Balaban J connectivity index is 2.54. The van der Waals surface area contributed by atoms with E-state index in [2.05, 4.69) is 0 Å². The molecule has 0 aliphatic heterocycles. The molecule has 1 unspecified atom stereocenters. The van der Waals surface area contributed by atoms with Crippen LogP contribution in [-0.4, -0.2) is 15.4 Å². The Labute approximate surface area is 86.4 Å². The molecule has 1 aromatic carbocycles. The SMILES string of the molecule is CCCOc1ccc(CS(=O)[O-])cc1. The molecular formula is C10H13O3S-. The van der Waals surface area contributed by atoms with Gasteiger partial charge in [-0.15, -0.1) is 0 Å². The second-order valence-corrected chi connectivity index (χ2v) is 3.84. The van der Waals surface area contributed by atoms with Gasteiger partial charge in [0.2, 0.25) is 0 Å². The fraction of sp³-hybridized carbons (Fsp3) is 0.400. The van der Waals surface area contributed by atoms with E-state index in [1.807, 2.05) is 6.92 Å². The van der Waals surface area contributed by atoms with Gasteiger partial charge in [0.1, 0.15) is 5.75 Å². The highest BCUT2D eigenvalue weighted by Crippen LogP contribution is 2.13. The predicted molar refractivity (Wildman–Crippen MR) is 54.9 cm³/mol. The van der Waals surface area contributed by atoms with E-state index in [9.17, 15) is 8.76 Å². The van der Waals surface area contributed by atoms with Gasteiger partial charge in [0, 0.05) is 5.75 Å². The summed E-state index contributed by atoms with van der Waals surface area (Å²) in [4.78, 5) is 0. The summed E-state index contributed by atoms with van der Waals surface area (Å²) >= 11 is -2.02. The fourth-order valence-corrected chi connectivity index (χ4v) is 1.50. The highest BCUT2D eigenvalue weighted by molar-refractivity contribution is 7.78. The monoisotopic (exact) mass is 213 g/mol. The van der Waals surface area contributed by atoms with Gasteiger partial charge in [-0.05, 0) is 24.1 Å². The van der Waals surface area contributed by atoms with Crippen LogP contribution in [0.5, 0.6) is 5.75 Å². The maximum atomic E-state index is 10.4. The summed E-state index contributed by atoms with van der Waals surface area (Å²) in [6.45, 7) is 2.72. The van der Waals surface area contributed by atoms with E-state index in [0.29, 0.717) is 6.61 Å². The van der Waals surface area contributed by atoms with Crippen molar-refractivity contribution in [2.24, 2.45) is 0 Å². The molecule has 0 heterocycles. The van der Waals surface area contributed by atoms with Gasteiger partial charge in [-0.25, -0.2) is 0 Å². The van der Waals surface area contributed by atoms with Gasteiger partial charge in [-0.2, -0.15) is 0 Å². The lowest BCUT2D eigenvalue weighted by atomic mass is 10.2. The van der Waals surface area contributed by atoms with E-state index in [-0.39, 0.29) is 5.75 Å². The van der Waals surface area contributed by atoms with E-state index in [4.69, 9.17) is 4.74 Å². The summed E-state index contributed by atoms with van der Waals surface area (Å²) in [5, 5.41) is 0. The summed E-state index contributed by atoms with van der Waals surface area (Å²) in [6, 6.07) is 7.11. The summed E-state index contributed by atoms with van der Waals surface area (Å²) in [6.07, 6.45) is 0.965. The van der Waals surface area contributed by atoms with Crippen molar-refractivity contribution >= 4 is 11.1 Å². The van der Waals surface area contributed by atoms with Crippen LogP contribution in [0, 0.1) is 0 Å². The van der Waals surface area contributed by atoms with Gasteiger partial charge in [-0.3, -0.25) is 4.21 Å². The molecule has 0 radical (unpaired) electrons. The Bertz CT molecular complexity index is 295. The van der Waals surface area contributed by atoms with E-state index in [1.165, 1.54) is 0 Å². The van der Waals surface area contributed by atoms with E-state index in [1.54, 1.807) is 24.3 Å². The molecule has 0 saturated heterocycles. The highest BCUT2D eigenvalue weighted by Gasteiger charge is 1.94. The van der Waals surface area contributed by atoms with Crippen molar-refractivity contribution in [2.75, 3.05) is 6.61 Å². The summed E-state index contributed by atoms with van der Waals surface area (Å²) in [5.74, 6) is 0.848. The number of ether oxygens (including phenoxy) is 1. The average Bonchev–Trinajstić information content (AvgIpc) is 2.16. The van der Waals surface area contributed by atoms with E-state index in [0.717, 1.165) is 17.7 Å². The van der Waals surface area contributed by atoms with Gasteiger partial charge in [0.05, 0.1) is 6.61 Å². The molecule has 4 heteroatoms. The van der Waals surface area contributed by atoms with E-state index >= 15 is 0 Å². The predicted octanol–water partition coefficient (Wildman–Crippen LogP) is 1.85. The lowest BCUT2D eigenvalue weighted by molar-refractivity contribution is 0.317. The van der Waals surface area contributed by atoms with Crippen LogP contribution in [0.15, 0.2) is 24.3 Å². The van der Waals surface area contributed by atoms with Crippen LogP contribution in [0.4, 0.5) is 0 Å². The maximum Gasteiger partial charge on any atom is 0.119 e. The van der Waals surface area contributed by atoms with Crippen molar-refractivity contribution in [3.05, 3.63) is 29.8 Å². The smallest absolute Gasteiger partial charge is 0.119 e. The van der Waals surface area contributed by atoms with Crippen molar-refractivity contribution in [2.45, 2.75) is 19.1 Å². The number of rotatable bonds is 5. The Hall–Kier alpha value is -0.870. The van der Waals surface area contributed by atoms with Crippen LogP contribution < -0.4 is 4.74 Å². The lowest BCUT2D eigenvalue weighted by Crippen LogP contribution is -1.96. The molecule has 0 bridgehead atoms. The average molecular weight is 213 g/mol. The zero-order valence-corrected chi connectivity index (χ0v) is 8.88. The molecule has 1 aromatic rings. The standard InChI is InChI=1S/C10H14O3S/c1-2-7-13-10-5-3-9(4-6-10)8-14(11)12/h3-6H,2,7-8H2,1H3,(H,11,12)/p-1. The summed E-state index contributed by atoms with van der Waals surface area (Å²) < 4.78 is 26.1. The van der Waals surface area contributed by atoms with Gasteiger partial charge in [0.15, 0.2) is 0 Å². The van der Waals surface area contributed by atoms with Crippen molar-refractivity contribution in [3.63, 3.8) is 0 Å². The van der Waals surface area contributed by atoms with Crippen LogP contribution in [0.25, 0.3) is 0 Å². The normalized spacial score (nSPS) is 12.4. The van der Waals surface area contributed by atoms with Crippen LogP contribution >= 0.6 is 0 Å². The number of hydrogen-bond acceptors (Lipinski definition) is 3. The molecule has 0 spiro atoms. The molecule has 1 atom stereocenters. The molecule has 0 aromatic heterocycles. The van der Waals surface area contributed by atoms with Crippen LogP contribution in [-0.2, 0) is 16.8 Å². The Morgan fingerprint density at radius 1 is 1.36 bits per heavy atom. The summed E-state index contributed by atoms with van der Waals surface area (Å²) in [5.41, 5.74) is 0.780. The minimum absolute atomic E-state index is 0.0635. The molecular weight excluding hydrogens is 200 g/mol. The molecule has 0 fully saturated rings. The van der Waals surface area contributed by atoms with Crippen LogP contribution in [0.2, 0.25) is 0 Å². The Morgan fingerprint density at radius 2 is 2.00 bits per heavy atom. The molecule has 3 nitrogen and oxygen atoms in total. The first kappa shape index (κ1) is 11.2. The van der Waals surface area contributed by atoms with Crippen LogP contribution in [0.3, 0.4) is 0 Å². The first-order chi connectivity index (χ1) is 6.72. The van der Waals surface area contributed by atoms with Gasteiger partial charge >= 0.3 is 0 Å². The lowest BCUT2D eigenvalue weighted by Gasteiger charge is -2.07. The third-order valence-corrected chi connectivity index (χ3v) is 2.25. The Morgan fingerprint density at radius 3 is 2.50 bits per heavy atom. The van der Waals surface area contributed by atoms with Crippen molar-refractivity contribution < 1.29 is 13.5 Å². The Kier molecular flexibility index (Phi) is 4.62. The topological polar surface area (TPSA) is 49.4 Å². The van der Waals surface area contributed by atoms with Crippen molar-refractivity contribution in [3.8, 4) is 5.75 Å². The van der Waals surface area contributed by atoms with Crippen molar-refractivity contribution in [1.29, 1.82) is 0 Å². The second kappa shape index (κ2) is 5.78. The van der Waals surface area contributed by atoms with Crippen LogP contribution in [0.1, 0.15) is 18.9 Å². The first-order valence-corrected chi connectivity index (χ1v) is 5.74. The number of benzene rings is 1. The molecule has 0 aliphatic carbocycles. The zero-order chi connectivity index (χ0) is 10.4. The molecule has 0 amide bonds. The fourth-order valence-electron chi connectivity index (χ4n) is 1.04. The minimum atomic E-state index is -2.02. The molecule has 0 aliphatic rings. The quantitative estimate of drug-likeness (QED) is 0.701. The zero-order valence-electron chi connectivity index (χ0n) is 8.06. The highest BCUT2D eigenvalue weighted by atomic mass is 32.2. The van der Waals surface area contributed by atoms with Gasteiger partial charge in [0.25, 0.3) is 0 Å². The first-order valence-electron chi connectivity index (χ1n) is 4.50. The summed E-state index contributed by atoms with van der Waals surface area (Å²) in [7, 11) is 0. The van der Waals surface area contributed by atoms with E-state index < -0.39 is 11.1 Å². The largest absolute Gasteiger partial charge is 0.772 e. The molecule has 0 N–H and O–H groups in total. The molecule has 0 saturated carbocycles. The minimum Gasteiger partial charge on any atom is -0.772 e. The van der Waals surface area contributed by atoms with Crippen molar-refractivity contribution in [1.82, 2.24) is 0 Å². The second-order valence-electron chi connectivity index (χ2n) is 2.94. The van der Waals surface area contributed by atoms with Gasteiger partial charge < -0.3 is 9.29 Å². The molecule has 1 rings (SSSR count). The third kappa shape index (κ3) is 3.89. The molecule has 14 heavy (non-hydrogen) atoms. The maximum absolute atomic E-state index is 10.4. The number of hydrogen-bond donors (Lipinski definition) is 0. The van der Waals surface area contributed by atoms with Gasteiger partial charge in [-0.1, -0.05) is 30.1 Å². The molecule has 78 valence electrons.